The second kappa shape index (κ2) is 9.48. The number of rotatable bonds is 5. The Bertz CT molecular complexity index is 1060. The van der Waals surface area contributed by atoms with Crippen LogP contribution >= 0.6 is 23.2 Å². The first-order valence-electron chi connectivity index (χ1n) is 9.75. The van der Waals surface area contributed by atoms with Crippen LogP contribution in [0, 0.1) is 11.3 Å². The summed E-state index contributed by atoms with van der Waals surface area (Å²) in [5, 5.41) is 12.9. The topological polar surface area (TPSA) is 77.8 Å². The number of hydrogen-bond donors (Lipinski definition) is 1. The van der Waals surface area contributed by atoms with Gasteiger partial charge in [-0.15, -0.1) is 0 Å². The van der Waals surface area contributed by atoms with Gasteiger partial charge >= 0.3 is 0 Å². The second-order valence-electron chi connectivity index (χ2n) is 7.24. The predicted octanol–water partition coefficient (Wildman–Crippen LogP) is 3.89. The number of nitrogens with one attached hydrogen (secondary N) is 1. The van der Waals surface area contributed by atoms with E-state index in [0.717, 1.165) is 49.8 Å². The molecule has 0 aliphatic carbocycles. The van der Waals surface area contributed by atoms with Crippen molar-refractivity contribution in [3.8, 4) is 17.6 Å². The number of fused-ring (bicyclic) bond motifs is 1. The molecule has 2 aliphatic heterocycles. The molecule has 1 amide bonds. The van der Waals surface area contributed by atoms with E-state index in [-0.39, 0.29) is 12.4 Å². The Balaban J connectivity index is 1.32. The van der Waals surface area contributed by atoms with Crippen LogP contribution in [0.1, 0.15) is 5.56 Å². The van der Waals surface area contributed by atoms with Crippen molar-refractivity contribution >= 4 is 34.8 Å². The van der Waals surface area contributed by atoms with Crippen molar-refractivity contribution in [3.05, 3.63) is 63.8 Å². The lowest BCUT2D eigenvalue weighted by Crippen LogP contribution is -2.43. The van der Waals surface area contributed by atoms with Crippen molar-refractivity contribution in [1.29, 1.82) is 5.26 Å². The zero-order chi connectivity index (χ0) is 21.8. The van der Waals surface area contributed by atoms with Gasteiger partial charge in [0.2, 0.25) is 6.79 Å². The fourth-order valence-electron chi connectivity index (χ4n) is 3.44. The number of benzene rings is 2. The summed E-state index contributed by atoms with van der Waals surface area (Å²) in [4.78, 5) is 16.8. The van der Waals surface area contributed by atoms with Crippen molar-refractivity contribution in [1.82, 2.24) is 9.80 Å². The van der Waals surface area contributed by atoms with Gasteiger partial charge < -0.3 is 19.7 Å². The number of ether oxygens (including phenoxy) is 2. The highest BCUT2D eigenvalue weighted by Crippen LogP contribution is 2.33. The van der Waals surface area contributed by atoms with Crippen LogP contribution in [0.3, 0.4) is 0 Å². The number of nitriles is 1. The Kier molecular flexibility index (Phi) is 6.52. The predicted molar refractivity (Wildman–Crippen MR) is 118 cm³/mol. The van der Waals surface area contributed by atoms with Gasteiger partial charge in [0.25, 0.3) is 5.91 Å². The number of carbonyl (C=O) groups excluding carboxylic acids is 1. The van der Waals surface area contributed by atoms with E-state index in [0.29, 0.717) is 15.7 Å². The first kappa shape index (κ1) is 21.3. The molecule has 0 radical (unpaired) electrons. The molecule has 0 atom stereocenters. The smallest absolute Gasteiger partial charge is 0.267 e. The van der Waals surface area contributed by atoms with Crippen molar-refractivity contribution in [3.63, 3.8) is 0 Å². The molecule has 0 saturated carbocycles. The summed E-state index contributed by atoms with van der Waals surface area (Å²) in [6, 6.07) is 12.7. The van der Waals surface area contributed by atoms with Crippen molar-refractivity contribution in [2.24, 2.45) is 0 Å². The van der Waals surface area contributed by atoms with Gasteiger partial charge in [0.15, 0.2) is 11.5 Å². The number of amides is 1. The van der Waals surface area contributed by atoms with Crippen molar-refractivity contribution in [2.75, 3.05) is 38.3 Å². The average Bonchev–Trinajstić information content (AvgIpc) is 3.23. The maximum absolute atomic E-state index is 12.5. The molecule has 2 aromatic carbocycles. The van der Waals surface area contributed by atoms with Crippen LogP contribution in [0.15, 0.2) is 48.2 Å². The lowest BCUT2D eigenvalue weighted by Gasteiger charge is -2.34. The van der Waals surface area contributed by atoms with Gasteiger partial charge in [-0.2, -0.15) is 5.26 Å². The lowest BCUT2D eigenvalue weighted by molar-refractivity contribution is -0.112. The molecular formula is C22H20Cl2N4O3. The number of piperazine rings is 1. The molecule has 160 valence electrons. The normalized spacial score (nSPS) is 16.2. The van der Waals surface area contributed by atoms with E-state index in [4.69, 9.17) is 32.7 Å². The zero-order valence-electron chi connectivity index (χ0n) is 16.6. The third-order valence-corrected chi connectivity index (χ3v) is 5.84. The SMILES string of the molecule is N#C/C(=C/N1CCN(Cc2ccc3c(c2)OCO3)CC1)C(=O)Nc1ccc(Cl)c(Cl)c1. The molecule has 0 unspecified atom stereocenters. The van der Waals surface area contributed by atoms with E-state index >= 15 is 0 Å². The van der Waals surface area contributed by atoms with E-state index in [9.17, 15) is 10.1 Å². The van der Waals surface area contributed by atoms with Gasteiger partial charge in [-0.3, -0.25) is 9.69 Å². The summed E-state index contributed by atoms with van der Waals surface area (Å²) in [5.74, 6) is 1.08. The quantitative estimate of drug-likeness (QED) is 0.540. The fourth-order valence-corrected chi connectivity index (χ4v) is 3.74. The summed E-state index contributed by atoms with van der Waals surface area (Å²) in [6.07, 6.45) is 1.62. The number of halogens is 2. The van der Waals surface area contributed by atoms with Crippen molar-refractivity contribution < 1.29 is 14.3 Å². The Morgan fingerprint density at radius 3 is 2.58 bits per heavy atom. The number of anilines is 1. The molecule has 2 aromatic rings. The van der Waals surface area contributed by atoms with Crippen molar-refractivity contribution in [2.45, 2.75) is 6.54 Å². The van der Waals surface area contributed by atoms with Gasteiger partial charge in [-0.25, -0.2) is 0 Å². The molecule has 9 heteroatoms. The minimum atomic E-state index is -0.483. The maximum atomic E-state index is 12.5. The molecular weight excluding hydrogens is 439 g/mol. The third kappa shape index (κ3) is 5.23. The molecule has 0 spiro atoms. The standard InChI is InChI=1S/C22H20Cl2N4O3/c23-18-3-2-17(10-19(18)24)26-22(29)16(11-25)13-28-7-5-27(6-8-28)12-15-1-4-20-21(9-15)31-14-30-20/h1-4,9-10,13H,5-8,12,14H2,(H,26,29)/b16-13-. The van der Waals surface area contributed by atoms with Gasteiger partial charge in [-0.1, -0.05) is 29.3 Å². The minimum Gasteiger partial charge on any atom is -0.454 e. The van der Waals surface area contributed by atoms with E-state index < -0.39 is 5.91 Å². The number of nitrogens with zero attached hydrogens (tertiary/aromatic N) is 3. The fraction of sp³-hybridized carbons (Fsp3) is 0.273. The second-order valence-corrected chi connectivity index (χ2v) is 8.05. The molecule has 0 aromatic heterocycles. The van der Waals surface area contributed by atoms with E-state index in [1.165, 1.54) is 0 Å². The van der Waals surface area contributed by atoms with Gasteiger partial charge in [0.05, 0.1) is 10.0 Å². The van der Waals surface area contributed by atoms with Crippen LogP contribution in [-0.4, -0.2) is 48.7 Å². The van der Waals surface area contributed by atoms with Gasteiger partial charge in [0, 0.05) is 44.6 Å². The average molecular weight is 459 g/mol. The number of hydrogen-bond acceptors (Lipinski definition) is 6. The first-order valence-corrected chi connectivity index (χ1v) is 10.5. The Morgan fingerprint density at radius 1 is 1.06 bits per heavy atom. The molecule has 0 bridgehead atoms. The maximum Gasteiger partial charge on any atom is 0.267 e. The van der Waals surface area contributed by atoms with Crippen LogP contribution in [0.5, 0.6) is 11.5 Å². The van der Waals surface area contributed by atoms with Crippen LogP contribution in [0.2, 0.25) is 10.0 Å². The highest BCUT2D eigenvalue weighted by atomic mass is 35.5. The van der Waals surface area contributed by atoms with Crippen LogP contribution in [-0.2, 0) is 11.3 Å². The molecule has 1 N–H and O–H groups in total. The van der Waals surface area contributed by atoms with Gasteiger partial charge in [0.1, 0.15) is 11.6 Å². The van der Waals surface area contributed by atoms with Gasteiger partial charge in [-0.05, 0) is 35.9 Å². The highest BCUT2D eigenvalue weighted by molar-refractivity contribution is 6.42. The molecule has 2 heterocycles. The lowest BCUT2D eigenvalue weighted by atomic mass is 10.1. The zero-order valence-corrected chi connectivity index (χ0v) is 18.1. The largest absolute Gasteiger partial charge is 0.454 e. The minimum absolute atomic E-state index is 0.0373. The molecule has 4 rings (SSSR count). The third-order valence-electron chi connectivity index (χ3n) is 5.10. The van der Waals surface area contributed by atoms with Crippen LogP contribution in [0.4, 0.5) is 5.69 Å². The molecule has 31 heavy (non-hydrogen) atoms. The van der Waals surface area contributed by atoms with E-state index in [2.05, 4.69) is 10.2 Å². The van der Waals surface area contributed by atoms with Crippen LogP contribution < -0.4 is 14.8 Å². The summed E-state index contributed by atoms with van der Waals surface area (Å²) in [6.45, 7) is 4.14. The van der Waals surface area contributed by atoms with E-state index in [1.54, 1.807) is 24.4 Å². The molecule has 1 fully saturated rings. The monoisotopic (exact) mass is 458 g/mol. The summed E-state index contributed by atoms with van der Waals surface area (Å²) < 4.78 is 10.8. The van der Waals surface area contributed by atoms with Crippen LogP contribution in [0.25, 0.3) is 0 Å². The Hall–Kier alpha value is -2.92. The summed E-state index contributed by atoms with van der Waals surface area (Å²) >= 11 is 11.9. The number of carbonyl (C=O) groups is 1. The highest BCUT2D eigenvalue weighted by Gasteiger charge is 2.19. The molecule has 1 saturated heterocycles. The summed E-state index contributed by atoms with van der Waals surface area (Å²) in [5.41, 5.74) is 1.68. The first-order chi connectivity index (χ1) is 15.0. The summed E-state index contributed by atoms with van der Waals surface area (Å²) in [7, 11) is 0. The molecule has 2 aliphatic rings. The Labute approximate surface area is 190 Å². The Morgan fingerprint density at radius 2 is 1.84 bits per heavy atom. The molecule has 7 nitrogen and oxygen atoms in total. The van der Waals surface area contributed by atoms with E-state index in [1.807, 2.05) is 29.2 Å².